The number of anilines is 1. The van der Waals surface area contributed by atoms with Gasteiger partial charge in [-0.3, -0.25) is 4.79 Å². The minimum absolute atomic E-state index is 0.126. The molecule has 0 spiro atoms. The van der Waals surface area contributed by atoms with E-state index in [9.17, 15) is 4.79 Å². The van der Waals surface area contributed by atoms with Crippen LogP contribution in [-0.2, 0) is 11.2 Å². The quantitative estimate of drug-likeness (QED) is 0.917. The number of rotatable bonds is 5. The van der Waals surface area contributed by atoms with Crippen molar-refractivity contribution in [2.75, 3.05) is 5.32 Å². The molecule has 1 fully saturated rings. The van der Waals surface area contributed by atoms with Gasteiger partial charge < -0.3 is 5.32 Å². The monoisotopic (exact) mass is 317 g/mol. The predicted octanol–water partition coefficient (Wildman–Crippen LogP) is 2.80. The summed E-state index contributed by atoms with van der Waals surface area (Å²) in [6, 6.07) is 1.73. The summed E-state index contributed by atoms with van der Waals surface area (Å²) in [6.45, 7) is 2.24. The maximum Gasteiger partial charge on any atom is 0.232 e. The molecule has 2 aromatic rings. The molecule has 1 amide bonds. The molecular formula is C15H19N5OS. The fourth-order valence-electron chi connectivity index (χ4n) is 2.87. The number of aromatic nitrogens is 4. The van der Waals surface area contributed by atoms with Crippen molar-refractivity contribution in [1.29, 1.82) is 0 Å². The maximum absolute atomic E-state index is 12.0. The Hall–Kier alpha value is -1.89. The van der Waals surface area contributed by atoms with Crippen LogP contribution < -0.4 is 5.32 Å². The van der Waals surface area contributed by atoms with Gasteiger partial charge in [0.25, 0.3) is 0 Å². The second kappa shape index (κ2) is 6.91. The van der Waals surface area contributed by atoms with E-state index >= 15 is 0 Å². The lowest BCUT2D eigenvalue weighted by atomic mass is 10.0. The molecule has 0 aromatic carbocycles. The summed E-state index contributed by atoms with van der Waals surface area (Å²) >= 11 is 1.49. The first-order chi connectivity index (χ1) is 10.7. The van der Waals surface area contributed by atoms with E-state index in [-0.39, 0.29) is 12.3 Å². The van der Waals surface area contributed by atoms with Gasteiger partial charge in [-0.1, -0.05) is 24.7 Å². The lowest BCUT2D eigenvalue weighted by Gasteiger charge is -2.05. The Balaban J connectivity index is 1.56. The molecule has 0 radical (unpaired) electrons. The van der Waals surface area contributed by atoms with E-state index in [1.54, 1.807) is 12.3 Å². The topological polar surface area (TPSA) is 80.7 Å². The molecule has 6 nitrogen and oxygen atoms in total. The van der Waals surface area contributed by atoms with Crippen LogP contribution >= 0.6 is 11.3 Å². The standard InChI is InChI=1S/C15H19N5OS/c1-2-10-3-4-11(7-10)14-19-20-15(22-14)18-13(21)8-12-5-6-16-9-17-12/h5-6,9-11H,2-4,7-8H2,1H3,(H,18,20,21)/t10?,11-/m0/s1. The van der Waals surface area contributed by atoms with Crippen molar-refractivity contribution in [2.45, 2.75) is 44.9 Å². The van der Waals surface area contributed by atoms with Crippen molar-refractivity contribution < 1.29 is 4.79 Å². The van der Waals surface area contributed by atoms with Crippen LogP contribution in [0, 0.1) is 5.92 Å². The van der Waals surface area contributed by atoms with Gasteiger partial charge in [0.1, 0.15) is 11.3 Å². The molecule has 0 aliphatic heterocycles. The summed E-state index contributed by atoms with van der Waals surface area (Å²) in [6.07, 6.45) is 8.17. The van der Waals surface area contributed by atoms with Crippen LogP contribution in [-0.4, -0.2) is 26.1 Å². The number of carbonyl (C=O) groups is 1. The highest BCUT2D eigenvalue weighted by atomic mass is 32.1. The van der Waals surface area contributed by atoms with Gasteiger partial charge >= 0.3 is 0 Å². The van der Waals surface area contributed by atoms with Crippen molar-refractivity contribution in [3.05, 3.63) is 29.3 Å². The summed E-state index contributed by atoms with van der Waals surface area (Å²) in [5, 5.41) is 12.8. The second-order valence-electron chi connectivity index (χ2n) is 5.66. The Morgan fingerprint density at radius 3 is 3.05 bits per heavy atom. The number of amides is 1. The average molecular weight is 317 g/mol. The highest BCUT2D eigenvalue weighted by Gasteiger charge is 2.27. The number of carbonyl (C=O) groups excluding carboxylic acids is 1. The molecular weight excluding hydrogens is 298 g/mol. The largest absolute Gasteiger partial charge is 0.300 e. The average Bonchev–Trinajstić information content (AvgIpc) is 3.16. The van der Waals surface area contributed by atoms with Gasteiger partial charge in [0, 0.05) is 12.1 Å². The number of nitrogens with zero attached hydrogens (tertiary/aromatic N) is 4. The maximum atomic E-state index is 12.0. The molecule has 2 heterocycles. The third-order valence-corrected chi connectivity index (χ3v) is 5.14. The zero-order chi connectivity index (χ0) is 15.4. The molecule has 22 heavy (non-hydrogen) atoms. The van der Waals surface area contributed by atoms with Crippen LogP contribution in [0.4, 0.5) is 5.13 Å². The lowest BCUT2D eigenvalue weighted by molar-refractivity contribution is -0.115. The summed E-state index contributed by atoms with van der Waals surface area (Å²) < 4.78 is 0. The normalized spacial score (nSPS) is 21.0. The molecule has 1 unspecified atom stereocenters. The van der Waals surface area contributed by atoms with E-state index in [1.807, 2.05) is 0 Å². The fraction of sp³-hybridized carbons (Fsp3) is 0.533. The summed E-state index contributed by atoms with van der Waals surface area (Å²) in [4.78, 5) is 19.9. The SMILES string of the molecule is CCC1CC[C@H](c2nnc(NC(=O)Cc3ccncn3)s2)C1. The Morgan fingerprint density at radius 1 is 1.41 bits per heavy atom. The first kappa shape index (κ1) is 15.0. The Kier molecular flexibility index (Phi) is 4.72. The van der Waals surface area contributed by atoms with Crippen molar-refractivity contribution in [3.63, 3.8) is 0 Å². The van der Waals surface area contributed by atoms with E-state index in [0.29, 0.717) is 16.7 Å². The van der Waals surface area contributed by atoms with Gasteiger partial charge in [0.2, 0.25) is 11.0 Å². The second-order valence-corrected chi connectivity index (χ2v) is 6.66. The predicted molar refractivity (Wildman–Crippen MR) is 84.6 cm³/mol. The molecule has 1 aliphatic rings. The van der Waals surface area contributed by atoms with Crippen LogP contribution in [0.1, 0.15) is 49.2 Å². The van der Waals surface area contributed by atoms with Crippen LogP contribution in [0.3, 0.4) is 0 Å². The molecule has 1 saturated carbocycles. The molecule has 0 saturated heterocycles. The van der Waals surface area contributed by atoms with E-state index < -0.39 is 0 Å². The van der Waals surface area contributed by atoms with Gasteiger partial charge in [-0.2, -0.15) is 0 Å². The minimum Gasteiger partial charge on any atom is -0.300 e. The number of hydrogen-bond acceptors (Lipinski definition) is 6. The van der Waals surface area contributed by atoms with Crippen molar-refractivity contribution in [2.24, 2.45) is 5.92 Å². The smallest absolute Gasteiger partial charge is 0.232 e. The zero-order valence-electron chi connectivity index (χ0n) is 12.5. The van der Waals surface area contributed by atoms with Gasteiger partial charge in [0.15, 0.2) is 0 Å². The van der Waals surface area contributed by atoms with Crippen molar-refractivity contribution in [1.82, 2.24) is 20.2 Å². The fourth-order valence-corrected chi connectivity index (χ4v) is 3.78. The summed E-state index contributed by atoms with van der Waals surface area (Å²) in [5.41, 5.74) is 0.693. The molecule has 1 aliphatic carbocycles. The van der Waals surface area contributed by atoms with E-state index in [1.165, 1.54) is 43.3 Å². The van der Waals surface area contributed by atoms with Crippen LogP contribution in [0.5, 0.6) is 0 Å². The molecule has 7 heteroatoms. The Bertz CT molecular complexity index is 630. The van der Waals surface area contributed by atoms with Gasteiger partial charge in [0.05, 0.1) is 12.1 Å². The van der Waals surface area contributed by atoms with Crippen LogP contribution in [0.15, 0.2) is 18.6 Å². The third-order valence-electron chi connectivity index (χ3n) is 4.14. The molecule has 0 bridgehead atoms. The highest BCUT2D eigenvalue weighted by molar-refractivity contribution is 7.15. The Labute approximate surface area is 133 Å². The van der Waals surface area contributed by atoms with Crippen molar-refractivity contribution >= 4 is 22.4 Å². The van der Waals surface area contributed by atoms with Crippen LogP contribution in [0.2, 0.25) is 0 Å². The first-order valence-electron chi connectivity index (χ1n) is 7.62. The van der Waals surface area contributed by atoms with Gasteiger partial charge in [-0.05, 0) is 31.2 Å². The highest BCUT2D eigenvalue weighted by Crippen LogP contribution is 2.41. The zero-order valence-corrected chi connectivity index (χ0v) is 13.3. The lowest BCUT2D eigenvalue weighted by Crippen LogP contribution is -2.15. The Morgan fingerprint density at radius 2 is 2.32 bits per heavy atom. The molecule has 2 atom stereocenters. The van der Waals surface area contributed by atoms with Crippen LogP contribution in [0.25, 0.3) is 0 Å². The first-order valence-corrected chi connectivity index (χ1v) is 8.44. The number of hydrogen-bond donors (Lipinski definition) is 1. The molecule has 116 valence electrons. The summed E-state index contributed by atoms with van der Waals surface area (Å²) in [5.74, 6) is 1.19. The molecule has 1 N–H and O–H groups in total. The molecule has 3 rings (SSSR count). The van der Waals surface area contributed by atoms with E-state index in [0.717, 1.165) is 10.9 Å². The van der Waals surface area contributed by atoms with E-state index in [2.05, 4.69) is 32.4 Å². The number of nitrogens with one attached hydrogen (secondary N) is 1. The molecule has 2 aromatic heterocycles. The summed E-state index contributed by atoms with van der Waals surface area (Å²) in [7, 11) is 0. The van der Waals surface area contributed by atoms with Gasteiger partial charge in [-0.25, -0.2) is 9.97 Å². The minimum atomic E-state index is -0.126. The van der Waals surface area contributed by atoms with Crippen molar-refractivity contribution in [3.8, 4) is 0 Å². The third kappa shape index (κ3) is 3.65. The van der Waals surface area contributed by atoms with Gasteiger partial charge in [-0.15, -0.1) is 10.2 Å². The van der Waals surface area contributed by atoms with E-state index in [4.69, 9.17) is 0 Å².